The van der Waals surface area contributed by atoms with Gasteiger partial charge in [-0.3, -0.25) is 0 Å². The van der Waals surface area contributed by atoms with Crippen molar-refractivity contribution in [2.24, 2.45) is 4.40 Å². The third-order valence-corrected chi connectivity index (χ3v) is 4.76. The van der Waals surface area contributed by atoms with Crippen LogP contribution in [-0.4, -0.2) is 14.3 Å². The second kappa shape index (κ2) is 8.63. The molecule has 2 aromatic rings. The summed E-state index contributed by atoms with van der Waals surface area (Å²) in [4.78, 5) is 0. The van der Waals surface area contributed by atoms with Gasteiger partial charge < -0.3 is 5.11 Å². The number of nitrogens with zero attached hydrogens (tertiary/aromatic N) is 1. The van der Waals surface area contributed by atoms with Gasteiger partial charge in [0.1, 0.15) is 0 Å². The molecule has 0 N–H and O–H groups in total. The van der Waals surface area contributed by atoms with E-state index in [1.807, 2.05) is 5.38 Å². The fraction of sp³-hybridized carbons (Fsp3) is 0. The maximum Gasteiger partial charge on any atom is 1.00 e. The molecular weight excluding hydrogens is 421 g/mol. The van der Waals surface area contributed by atoms with Crippen LogP contribution in [0.1, 0.15) is 11.1 Å². The number of hydrogen-bond donors (Lipinski definition) is 0. The quantitative estimate of drug-likeness (QED) is 0.399. The predicted octanol–water partition coefficient (Wildman–Crippen LogP) is 0.276. The van der Waals surface area contributed by atoms with E-state index in [9.17, 15) is 13.5 Å². The zero-order valence-corrected chi connectivity index (χ0v) is 17.3. The Morgan fingerprint density at radius 1 is 1.36 bits per heavy atom. The summed E-state index contributed by atoms with van der Waals surface area (Å²) in [5.74, 6) is -0.900. The van der Waals surface area contributed by atoms with Crippen LogP contribution < -0.4 is 34.7 Å². The van der Waals surface area contributed by atoms with Crippen LogP contribution in [0.3, 0.4) is 0 Å². The molecule has 0 fully saturated rings. The summed E-state index contributed by atoms with van der Waals surface area (Å²) in [7, 11) is -4.00. The van der Waals surface area contributed by atoms with Gasteiger partial charge in [0.05, 0.1) is 5.41 Å². The van der Waals surface area contributed by atoms with E-state index in [4.69, 9.17) is 11.6 Å². The Kier molecular flexibility index (Phi) is 7.81. The van der Waals surface area contributed by atoms with E-state index >= 15 is 0 Å². The van der Waals surface area contributed by atoms with Gasteiger partial charge in [-0.2, -0.15) is 24.2 Å². The molecule has 0 radical (unpaired) electrons. The van der Waals surface area contributed by atoms with Crippen molar-refractivity contribution in [3.63, 3.8) is 0 Å². The van der Waals surface area contributed by atoms with Crippen LogP contribution >= 0.6 is 38.9 Å². The Balaban J connectivity index is 0.00000242. The average molecular weight is 429 g/mol. The maximum absolute atomic E-state index is 11.9. The molecule has 1 aromatic carbocycles. The Morgan fingerprint density at radius 2 is 2.09 bits per heavy atom. The molecule has 0 saturated heterocycles. The molecule has 2 rings (SSSR count). The first-order chi connectivity index (χ1) is 9.87. The van der Waals surface area contributed by atoms with Gasteiger partial charge in [0, 0.05) is 21.0 Å². The zero-order valence-electron chi connectivity index (χ0n) is 11.4. The zero-order chi connectivity index (χ0) is 15.5. The Bertz CT molecular complexity index is 805. The fourth-order valence-corrected chi connectivity index (χ4v) is 3.49. The molecule has 0 saturated carbocycles. The van der Waals surface area contributed by atoms with E-state index in [2.05, 4.69) is 20.3 Å². The molecule has 0 aliphatic rings. The van der Waals surface area contributed by atoms with Gasteiger partial charge in [-0.15, -0.1) is 0 Å². The molecule has 0 atom stereocenters. The maximum atomic E-state index is 11.9. The number of sulfonamides is 1. The van der Waals surface area contributed by atoms with E-state index in [-0.39, 0.29) is 40.1 Å². The van der Waals surface area contributed by atoms with Crippen LogP contribution in [0.25, 0.3) is 6.08 Å². The van der Waals surface area contributed by atoms with Crippen molar-refractivity contribution < 1.29 is 43.1 Å². The minimum atomic E-state index is -4.00. The van der Waals surface area contributed by atoms with E-state index in [0.29, 0.717) is 4.47 Å². The number of benzene rings is 1. The second-order valence-electron chi connectivity index (χ2n) is 3.90. The van der Waals surface area contributed by atoms with Crippen LogP contribution in [0.2, 0.25) is 5.02 Å². The Hall–Kier alpha value is -0.150. The van der Waals surface area contributed by atoms with Crippen LogP contribution in [-0.2, 0) is 10.0 Å². The first-order valence-electron chi connectivity index (χ1n) is 5.55. The van der Waals surface area contributed by atoms with Crippen molar-refractivity contribution >= 4 is 60.9 Å². The molecule has 0 amide bonds. The van der Waals surface area contributed by atoms with Crippen LogP contribution in [0.4, 0.5) is 0 Å². The summed E-state index contributed by atoms with van der Waals surface area (Å²) in [6, 6.07) is 6.25. The van der Waals surface area contributed by atoms with E-state index in [1.165, 1.54) is 29.5 Å². The molecule has 110 valence electrons. The number of hydrogen-bond acceptors (Lipinski definition) is 4. The number of halogens is 2. The summed E-state index contributed by atoms with van der Waals surface area (Å²) in [6.07, 6.45) is 1.38. The van der Waals surface area contributed by atoms with E-state index in [0.717, 1.165) is 11.0 Å². The van der Waals surface area contributed by atoms with E-state index < -0.39 is 15.9 Å². The minimum absolute atomic E-state index is 0. The molecule has 22 heavy (non-hydrogen) atoms. The Labute approximate surface area is 168 Å². The van der Waals surface area contributed by atoms with Gasteiger partial charge in [-0.25, -0.2) is 0 Å². The molecule has 0 aliphatic carbocycles. The van der Waals surface area contributed by atoms with Crippen molar-refractivity contribution in [1.29, 1.82) is 0 Å². The smallest absolute Gasteiger partial charge is 0.858 e. The molecule has 1 aromatic heterocycles. The first kappa shape index (κ1) is 19.9. The summed E-state index contributed by atoms with van der Waals surface area (Å²) < 4.78 is 27.4. The third kappa shape index (κ3) is 5.81. The molecule has 9 heteroatoms. The van der Waals surface area contributed by atoms with Crippen molar-refractivity contribution in [2.75, 3.05) is 0 Å². The first-order valence-corrected chi connectivity index (χ1v) is 9.17. The van der Waals surface area contributed by atoms with Gasteiger partial charge in [0.25, 0.3) is 10.0 Å². The van der Waals surface area contributed by atoms with Crippen molar-refractivity contribution in [3.05, 3.63) is 61.1 Å². The van der Waals surface area contributed by atoms with Gasteiger partial charge in [-0.05, 0) is 40.6 Å². The van der Waals surface area contributed by atoms with Crippen molar-refractivity contribution in [1.82, 2.24) is 0 Å². The van der Waals surface area contributed by atoms with Gasteiger partial charge in [0.2, 0.25) is 0 Å². The molecule has 0 unspecified atom stereocenters. The summed E-state index contributed by atoms with van der Waals surface area (Å²) in [6.45, 7) is 0. The van der Waals surface area contributed by atoms with Gasteiger partial charge in [-0.1, -0.05) is 33.6 Å². The molecule has 0 aliphatic heterocycles. The van der Waals surface area contributed by atoms with Crippen molar-refractivity contribution in [3.8, 4) is 0 Å². The van der Waals surface area contributed by atoms with Crippen molar-refractivity contribution in [2.45, 2.75) is 0 Å². The van der Waals surface area contributed by atoms with Crippen LogP contribution in [0, 0.1) is 0 Å². The second-order valence-corrected chi connectivity index (χ2v) is 7.48. The Morgan fingerprint density at radius 3 is 2.68 bits per heavy atom. The average Bonchev–Trinajstić information content (AvgIpc) is 2.88. The molecular formula is C13H8BrClNNaO3S2. The topological polar surface area (TPSA) is 69.6 Å². The van der Waals surface area contributed by atoms with Crippen LogP contribution in [0.15, 0.2) is 49.3 Å². The van der Waals surface area contributed by atoms with Gasteiger partial charge in [0.15, 0.2) is 0 Å². The molecule has 1 heterocycles. The number of thiophene rings is 1. The summed E-state index contributed by atoms with van der Waals surface area (Å²) >= 11 is 10.5. The summed E-state index contributed by atoms with van der Waals surface area (Å²) in [5.41, 5.74) is 0.764. The third-order valence-electron chi connectivity index (χ3n) is 2.35. The number of rotatable bonds is 4. The largest absolute Gasteiger partial charge is 1.00 e. The molecule has 4 nitrogen and oxygen atoms in total. The predicted molar refractivity (Wildman–Crippen MR) is 88.0 cm³/mol. The van der Waals surface area contributed by atoms with Gasteiger partial charge >= 0.3 is 29.6 Å². The minimum Gasteiger partial charge on any atom is -0.858 e. The monoisotopic (exact) mass is 427 g/mol. The van der Waals surface area contributed by atoms with Crippen LogP contribution in [0.5, 0.6) is 0 Å². The fourth-order valence-electron chi connectivity index (χ4n) is 1.39. The standard InChI is InChI=1S/C13H9BrClNO3S2.Na/c14-10-1-2-11(12(15)7-10)13(17)16-21(18,19)6-4-9-3-5-20-8-9;/h1-8H,(H,16,17);/q;+1/p-1/b6-4+;. The normalized spacial score (nSPS) is 12.4. The van der Waals surface area contributed by atoms with E-state index in [1.54, 1.807) is 17.5 Å². The molecule has 0 spiro atoms. The summed E-state index contributed by atoms with van der Waals surface area (Å²) in [5, 5.41) is 16.5. The molecule has 0 bridgehead atoms. The SMILES string of the molecule is O=S(=O)(/C=C/c1ccsc1)/N=C(\[O-])c1ccc(Br)cc1Cl.[Na+].